The predicted molar refractivity (Wildman–Crippen MR) is 93.0 cm³/mol. The first kappa shape index (κ1) is 16.2. The lowest BCUT2D eigenvalue weighted by Crippen LogP contribution is -2.18. The van der Waals surface area contributed by atoms with Crippen molar-refractivity contribution in [3.05, 3.63) is 47.0 Å². The van der Waals surface area contributed by atoms with Gasteiger partial charge in [-0.25, -0.2) is 4.79 Å². The first-order chi connectivity index (χ1) is 11.0. The van der Waals surface area contributed by atoms with E-state index in [-0.39, 0.29) is 5.38 Å². The number of carbonyl (C=O) groups excluding carboxylic acids is 1. The Bertz CT molecular complexity index is 799. The minimum Gasteiger partial charge on any atom is -0.496 e. The fourth-order valence-electron chi connectivity index (χ4n) is 3.10. The van der Waals surface area contributed by atoms with Crippen molar-refractivity contribution in [2.45, 2.75) is 24.6 Å². The largest absolute Gasteiger partial charge is 0.496 e. The van der Waals surface area contributed by atoms with Gasteiger partial charge in [-0.2, -0.15) is 0 Å². The van der Waals surface area contributed by atoms with Gasteiger partial charge in [0.1, 0.15) is 11.5 Å². The van der Waals surface area contributed by atoms with E-state index in [1.807, 2.05) is 12.1 Å². The Morgan fingerprint density at radius 1 is 1.30 bits per heavy atom. The first-order valence-corrected chi connectivity index (χ1v) is 8.15. The molecule has 0 spiro atoms. The molecule has 120 valence electrons. The minimum atomic E-state index is -0.495. The summed E-state index contributed by atoms with van der Waals surface area (Å²) in [5.74, 6) is 0.812. The van der Waals surface area contributed by atoms with Gasteiger partial charge >= 0.3 is 5.97 Å². The second kappa shape index (κ2) is 6.42. The topological polar surface area (TPSA) is 35.5 Å². The van der Waals surface area contributed by atoms with Crippen LogP contribution >= 0.6 is 23.2 Å². The Morgan fingerprint density at radius 3 is 2.78 bits per heavy atom. The maximum absolute atomic E-state index is 11.8. The minimum absolute atomic E-state index is 0.0122. The average molecular weight is 351 g/mol. The van der Waals surface area contributed by atoms with Crippen LogP contribution in [-0.2, 0) is 17.6 Å². The number of hydrogen-bond acceptors (Lipinski definition) is 3. The molecule has 1 atom stereocenters. The summed E-state index contributed by atoms with van der Waals surface area (Å²) in [6, 6.07) is 5.43. The Balaban J connectivity index is 2.35. The molecule has 1 aliphatic rings. The fraction of sp³-hybridized carbons (Fsp3) is 0.278. The van der Waals surface area contributed by atoms with Gasteiger partial charge in [-0.3, -0.25) is 0 Å². The molecule has 2 aromatic rings. The van der Waals surface area contributed by atoms with Gasteiger partial charge in [0.2, 0.25) is 0 Å². The summed E-state index contributed by atoms with van der Waals surface area (Å²) in [5.41, 5.74) is 1.96. The van der Waals surface area contributed by atoms with Gasteiger partial charge in [0, 0.05) is 38.4 Å². The zero-order chi connectivity index (χ0) is 16.6. The highest BCUT2D eigenvalue weighted by atomic mass is 35.5. The summed E-state index contributed by atoms with van der Waals surface area (Å²) in [7, 11) is 1.64. The quantitative estimate of drug-likeness (QED) is 0.348. The molecule has 0 N–H and O–H groups in total. The number of halogens is 2. The van der Waals surface area contributed by atoms with E-state index in [9.17, 15) is 4.79 Å². The molecule has 0 fully saturated rings. The first-order valence-electron chi connectivity index (χ1n) is 7.34. The van der Waals surface area contributed by atoms with E-state index in [0.717, 1.165) is 46.6 Å². The summed E-state index contributed by atoms with van der Waals surface area (Å²) in [4.78, 5) is 11.8. The van der Waals surface area contributed by atoms with Crippen LogP contribution in [0.3, 0.4) is 0 Å². The summed E-state index contributed by atoms with van der Waals surface area (Å²) in [5, 5.41) is 2.23. The zero-order valence-corrected chi connectivity index (χ0v) is 14.2. The molecule has 1 unspecified atom stereocenters. The fourth-order valence-corrected chi connectivity index (χ4v) is 3.53. The highest BCUT2D eigenvalue weighted by Crippen LogP contribution is 2.45. The lowest BCUT2D eigenvalue weighted by Gasteiger charge is -2.26. The monoisotopic (exact) mass is 350 g/mol. The molecule has 0 bridgehead atoms. The average Bonchev–Trinajstić information content (AvgIpc) is 2.54. The predicted octanol–water partition coefficient (Wildman–Crippen LogP) is 4.69. The van der Waals surface area contributed by atoms with Crippen molar-refractivity contribution >= 4 is 39.9 Å². The number of alkyl halides is 1. The molecule has 0 radical (unpaired) electrons. The van der Waals surface area contributed by atoms with Gasteiger partial charge in [0.05, 0.1) is 7.11 Å². The van der Waals surface area contributed by atoms with Crippen LogP contribution in [0, 0.1) is 0 Å². The van der Waals surface area contributed by atoms with Crippen molar-refractivity contribution in [2.24, 2.45) is 0 Å². The number of rotatable bonds is 3. The summed E-state index contributed by atoms with van der Waals surface area (Å²) < 4.78 is 11.2. The third kappa shape index (κ3) is 2.91. The summed E-state index contributed by atoms with van der Waals surface area (Å²) in [6.45, 7) is 3.47. The van der Waals surface area contributed by atoms with Crippen LogP contribution < -0.4 is 9.47 Å². The van der Waals surface area contributed by atoms with Gasteiger partial charge < -0.3 is 9.47 Å². The van der Waals surface area contributed by atoms with Gasteiger partial charge in [-0.1, -0.05) is 18.2 Å². The van der Waals surface area contributed by atoms with E-state index in [0.29, 0.717) is 17.2 Å². The molecule has 0 aliphatic heterocycles. The molecule has 3 rings (SSSR count). The molecular weight excluding hydrogens is 335 g/mol. The Kier molecular flexibility index (Phi) is 4.51. The lowest BCUT2D eigenvalue weighted by atomic mass is 9.87. The number of esters is 1. The Hall–Kier alpha value is -1.71. The second-order valence-corrected chi connectivity index (χ2v) is 6.53. The number of hydrogen-bond donors (Lipinski definition) is 0. The van der Waals surface area contributed by atoms with Crippen LogP contribution in [0.4, 0.5) is 0 Å². The molecule has 1 aliphatic carbocycles. The maximum atomic E-state index is 11.8. The van der Waals surface area contributed by atoms with E-state index in [1.165, 1.54) is 0 Å². The van der Waals surface area contributed by atoms with Crippen molar-refractivity contribution in [3.63, 3.8) is 0 Å². The van der Waals surface area contributed by atoms with Crippen molar-refractivity contribution < 1.29 is 14.3 Å². The molecule has 5 heteroatoms. The van der Waals surface area contributed by atoms with Gasteiger partial charge in [0.25, 0.3) is 0 Å². The van der Waals surface area contributed by atoms with Crippen LogP contribution in [-0.4, -0.2) is 18.5 Å². The molecule has 0 amide bonds. The molecule has 0 saturated carbocycles. The van der Waals surface area contributed by atoms with Crippen molar-refractivity contribution in [1.82, 2.24) is 0 Å². The van der Waals surface area contributed by atoms with Gasteiger partial charge in [0.15, 0.2) is 0 Å². The number of fused-ring (bicyclic) bond motifs is 2. The van der Waals surface area contributed by atoms with Crippen LogP contribution in [0.1, 0.15) is 17.5 Å². The number of ether oxygens (including phenoxy) is 2. The van der Waals surface area contributed by atoms with E-state index < -0.39 is 5.97 Å². The SMILES string of the molecule is C=CC(=O)Oc1c2c(c(OC)c3cc(Cl)ccc13)CCC(Cl)C2. The Morgan fingerprint density at radius 2 is 2.09 bits per heavy atom. The lowest BCUT2D eigenvalue weighted by molar-refractivity contribution is -0.128. The third-order valence-corrected chi connectivity index (χ3v) is 4.70. The third-order valence-electron chi connectivity index (χ3n) is 4.09. The maximum Gasteiger partial charge on any atom is 0.335 e. The molecule has 0 aromatic heterocycles. The molecular formula is C18H16Cl2O3. The normalized spacial score (nSPS) is 16.7. The van der Waals surface area contributed by atoms with Gasteiger partial charge in [-0.15, -0.1) is 11.6 Å². The summed E-state index contributed by atoms with van der Waals surface area (Å²) in [6.07, 6.45) is 3.41. The highest BCUT2D eigenvalue weighted by Gasteiger charge is 2.27. The van der Waals surface area contributed by atoms with Gasteiger partial charge in [-0.05, 0) is 37.5 Å². The van der Waals surface area contributed by atoms with E-state index >= 15 is 0 Å². The smallest absolute Gasteiger partial charge is 0.335 e. The van der Waals surface area contributed by atoms with E-state index in [4.69, 9.17) is 32.7 Å². The van der Waals surface area contributed by atoms with Crippen molar-refractivity contribution in [1.29, 1.82) is 0 Å². The van der Waals surface area contributed by atoms with Crippen molar-refractivity contribution in [2.75, 3.05) is 7.11 Å². The molecule has 0 saturated heterocycles. The van der Waals surface area contributed by atoms with E-state index in [2.05, 4.69) is 6.58 Å². The van der Waals surface area contributed by atoms with E-state index in [1.54, 1.807) is 13.2 Å². The molecule has 3 nitrogen and oxygen atoms in total. The zero-order valence-electron chi connectivity index (χ0n) is 12.7. The highest BCUT2D eigenvalue weighted by molar-refractivity contribution is 6.31. The molecule has 0 heterocycles. The number of carbonyl (C=O) groups is 1. The second-order valence-electron chi connectivity index (χ2n) is 5.47. The molecule has 23 heavy (non-hydrogen) atoms. The van der Waals surface area contributed by atoms with Crippen LogP contribution in [0.2, 0.25) is 5.02 Å². The van der Waals surface area contributed by atoms with Crippen LogP contribution in [0.15, 0.2) is 30.9 Å². The number of methoxy groups -OCH3 is 1. The van der Waals surface area contributed by atoms with Crippen molar-refractivity contribution in [3.8, 4) is 11.5 Å². The summed E-state index contributed by atoms with van der Waals surface area (Å²) >= 11 is 12.5. The molecule has 2 aromatic carbocycles. The van der Waals surface area contributed by atoms with Crippen LogP contribution in [0.5, 0.6) is 11.5 Å². The van der Waals surface area contributed by atoms with Crippen LogP contribution in [0.25, 0.3) is 10.8 Å². The standard InChI is InChI=1S/C18H16Cl2O3/c1-3-16(21)23-18-13-7-5-10(19)8-14(13)17(22-2)12-6-4-11(20)9-15(12)18/h3,5,7-8,11H,1,4,6,9H2,2H3. The Labute approximate surface area is 144 Å². The number of benzene rings is 2.